The lowest BCUT2D eigenvalue weighted by Crippen LogP contribution is -2.34. The van der Waals surface area contributed by atoms with Gasteiger partial charge in [0.2, 0.25) is 0 Å². The molecule has 0 radical (unpaired) electrons. The molecule has 6 heteroatoms. The van der Waals surface area contributed by atoms with Crippen molar-refractivity contribution in [2.24, 2.45) is 0 Å². The molecule has 2 rings (SSSR count). The van der Waals surface area contributed by atoms with E-state index >= 15 is 0 Å². The molecule has 21 heavy (non-hydrogen) atoms. The van der Waals surface area contributed by atoms with E-state index < -0.39 is 0 Å². The smallest absolute Gasteiger partial charge is 0.256 e. The van der Waals surface area contributed by atoms with Crippen molar-refractivity contribution in [3.05, 3.63) is 17.7 Å². The van der Waals surface area contributed by atoms with Crippen LogP contribution in [-0.2, 0) is 0 Å². The predicted molar refractivity (Wildman–Crippen MR) is 78.2 cm³/mol. The molecule has 1 aliphatic carbocycles. The summed E-state index contributed by atoms with van der Waals surface area (Å²) in [5.74, 6) is 0.791. The number of rotatable bonds is 6. The number of ether oxygens (including phenoxy) is 2. The van der Waals surface area contributed by atoms with Crippen LogP contribution in [0.15, 0.2) is 12.1 Å². The van der Waals surface area contributed by atoms with E-state index in [0.717, 1.165) is 12.8 Å². The zero-order valence-electron chi connectivity index (χ0n) is 12.3. The number of nitrogen functional groups attached to an aromatic ring is 1. The molecule has 0 saturated heterocycles. The van der Waals surface area contributed by atoms with Crippen molar-refractivity contribution in [3.8, 4) is 17.6 Å². The fourth-order valence-electron chi connectivity index (χ4n) is 2.24. The molecule has 1 aromatic carbocycles. The van der Waals surface area contributed by atoms with Gasteiger partial charge in [0.1, 0.15) is 0 Å². The first kappa shape index (κ1) is 15.0. The third-order valence-electron chi connectivity index (χ3n) is 3.50. The minimum atomic E-state index is -0.161. The molecule has 1 saturated carbocycles. The molecule has 1 amide bonds. The first-order valence-electron chi connectivity index (χ1n) is 6.81. The van der Waals surface area contributed by atoms with Gasteiger partial charge >= 0.3 is 0 Å². The Morgan fingerprint density at radius 2 is 2.00 bits per heavy atom. The van der Waals surface area contributed by atoms with Crippen LogP contribution < -0.4 is 15.2 Å². The number of carbonyl (C=O) groups is 1. The van der Waals surface area contributed by atoms with E-state index in [1.807, 2.05) is 0 Å². The fourth-order valence-corrected chi connectivity index (χ4v) is 2.24. The van der Waals surface area contributed by atoms with Gasteiger partial charge in [-0.25, -0.2) is 0 Å². The lowest BCUT2D eigenvalue weighted by Gasteiger charge is -2.22. The van der Waals surface area contributed by atoms with Gasteiger partial charge in [-0.05, 0) is 18.9 Å². The van der Waals surface area contributed by atoms with Crippen molar-refractivity contribution in [1.82, 2.24) is 4.90 Å². The summed E-state index contributed by atoms with van der Waals surface area (Å²) in [7, 11) is 3.03. The van der Waals surface area contributed by atoms with Gasteiger partial charge < -0.3 is 20.1 Å². The number of nitrogens with zero attached hydrogens (tertiary/aromatic N) is 2. The third kappa shape index (κ3) is 3.19. The number of benzene rings is 1. The molecule has 0 spiro atoms. The van der Waals surface area contributed by atoms with Crippen molar-refractivity contribution in [2.45, 2.75) is 25.3 Å². The van der Waals surface area contributed by atoms with Crippen LogP contribution in [0.1, 0.15) is 29.6 Å². The second-order valence-corrected chi connectivity index (χ2v) is 4.93. The lowest BCUT2D eigenvalue weighted by molar-refractivity contribution is 0.0747. The van der Waals surface area contributed by atoms with Crippen LogP contribution in [0.25, 0.3) is 0 Å². The van der Waals surface area contributed by atoms with Crippen molar-refractivity contribution in [1.29, 1.82) is 5.26 Å². The van der Waals surface area contributed by atoms with Gasteiger partial charge in [0.25, 0.3) is 5.91 Å². The van der Waals surface area contributed by atoms with Crippen LogP contribution in [-0.4, -0.2) is 37.6 Å². The van der Waals surface area contributed by atoms with E-state index in [0.29, 0.717) is 35.7 Å². The number of methoxy groups -OCH3 is 2. The number of nitriles is 1. The summed E-state index contributed by atoms with van der Waals surface area (Å²) in [6.45, 7) is 0.424. The van der Waals surface area contributed by atoms with E-state index in [2.05, 4.69) is 6.07 Å². The SMILES string of the molecule is COc1cc(N)c(C(=O)N(CCC#N)C2CC2)cc1OC. The van der Waals surface area contributed by atoms with Gasteiger partial charge in [-0.3, -0.25) is 4.79 Å². The normalized spacial score (nSPS) is 13.4. The molecule has 0 aromatic heterocycles. The topological polar surface area (TPSA) is 88.6 Å². The molecule has 1 fully saturated rings. The van der Waals surface area contributed by atoms with Crippen molar-refractivity contribution < 1.29 is 14.3 Å². The molecule has 6 nitrogen and oxygen atoms in total. The van der Waals surface area contributed by atoms with E-state index in [4.69, 9.17) is 20.5 Å². The van der Waals surface area contributed by atoms with Crippen LogP contribution >= 0.6 is 0 Å². The summed E-state index contributed by atoms with van der Waals surface area (Å²) >= 11 is 0. The molecule has 0 unspecified atom stereocenters. The maximum atomic E-state index is 12.7. The molecular weight excluding hydrogens is 270 g/mol. The van der Waals surface area contributed by atoms with Crippen molar-refractivity contribution >= 4 is 11.6 Å². The summed E-state index contributed by atoms with van der Waals surface area (Å²) in [4.78, 5) is 14.4. The summed E-state index contributed by atoms with van der Waals surface area (Å²) in [5, 5.41) is 8.73. The Balaban J connectivity index is 2.30. The molecule has 0 aliphatic heterocycles. The van der Waals surface area contributed by atoms with E-state index in [9.17, 15) is 4.79 Å². The Morgan fingerprint density at radius 1 is 1.38 bits per heavy atom. The molecule has 0 atom stereocenters. The summed E-state index contributed by atoms with van der Waals surface area (Å²) < 4.78 is 10.4. The summed E-state index contributed by atoms with van der Waals surface area (Å²) in [5.41, 5.74) is 6.69. The standard InChI is InChI=1S/C15H19N3O3/c1-20-13-8-11(12(17)9-14(13)21-2)15(19)18(7-3-6-16)10-4-5-10/h8-10H,3-5,7,17H2,1-2H3. The molecule has 1 aromatic rings. The van der Waals surface area contributed by atoms with Gasteiger partial charge in [-0.15, -0.1) is 0 Å². The molecule has 1 aliphatic rings. The van der Waals surface area contributed by atoms with Crippen LogP contribution in [0.5, 0.6) is 11.5 Å². The third-order valence-corrected chi connectivity index (χ3v) is 3.50. The number of amides is 1. The number of hydrogen-bond donors (Lipinski definition) is 1. The van der Waals surface area contributed by atoms with E-state index in [-0.39, 0.29) is 11.9 Å². The summed E-state index contributed by atoms with van der Waals surface area (Å²) in [6, 6.07) is 5.47. The predicted octanol–water partition coefficient (Wildman–Crippen LogP) is 1.80. The number of anilines is 1. The Morgan fingerprint density at radius 3 is 2.52 bits per heavy atom. The number of carbonyl (C=O) groups excluding carboxylic acids is 1. The number of nitrogens with two attached hydrogens (primary N) is 1. The first-order chi connectivity index (χ1) is 10.1. The quantitative estimate of drug-likeness (QED) is 0.807. The van der Waals surface area contributed by atoms with Crippen molar-refractivity contribution in [3.63, 3.8) is 0 Å². The Labute approximate surface area is 124 Å². The van der Waals surface area contributed by atoms with Crippen LogP contribution in [0.3, 0.4) is 0 Å². The van der Waals surface area contributed by atoms with Gasteiger partial charge in [0.15, 0.2) is 11.5 Å². The largest absolute Gasteiger partial charge is 0.493 e. The molecule has 112 valence electrons. The van der Waals surface area contributed by atoms with E-state index in [1.165, 1.54) is 14.2 Å². The highest BCUT2D eigenvalue weighted by molar-refractivity contribution is 6.00. The second kappa shape index (κ2) is 6.35. The van der Waals surface area contributed by atoms with Crippen molar-refractivity contribution in [2.75, 3.05) is 26.5 Å². The van der Waals surface area contributed by atoms with Crippen LogP contribution in [0.2, 0.25) is 0 Å². The Hall–Kier alpha value is -2.42. The Bertz CT molecular complexity index is 576. The van der Waals surface area contributed by atoms with Gasteiger partial charge in [0, 0.05) is 24.3 Å². The molecule has 2 N–H and O–H groups in total. The van der Waals surface area contributed by atoms with E-state index in [1.54, 1.807) is 17.0 Å². The fraction of sp³-hybridized carbons (Fsp3) is 0.467. The zero-order valence-corrected chi connectivity index (χ0v) is 12.3. The van der Waals surface area contributed by atoms with Crippen LogP contribution in [0, 0.1) is 11.3 Å². The van der Waals surface area contributed by atoms with Crippen LogP contribution in [0.4, 0.5) is 5.69 Å². The van der Waals surface area contributed by atoms with Gasteiger partial charge in [0.05, 0.1) is 32.3 Å². The van der Waals surface area contributed by atoms with Gasteiger partial charge in [-0.2, -0.15) is 5.26 Å². The minimum Gasteiger partial charge on any atom is -0.493 e. The minimum absolute atomic E-state index is 0.161. The Kier molecular flexibility index (Phi) is 4.53. The highest BCUT2D eigenvalue weighted by atomic mass is 16.5. The number of hydrogen-bond acceptors (Lipinski definition) is 5. The highest BCUT2D eigenvalue weighted by Crippen LogP contribution is 2.34. The molecular formula is C15H19N3O3. The lowest BCUT2D eigenvalue weighted by atomic mass is 10.1. The second-order valence-electron chi connectivity index (χ2n) is 4.93. The summed E-state index contributed by atoms with van der Waals surface area (Å²) in [6.07, 6.45) is 2.27. The van der Waals surface area contributed by atoms with Gasteiger partial charge in [-0.1, -0.05) is 0 Å². The highest BCUT2D eigenvalue weighted by Gasteiger charge is 2.33. The maximum absolute atomic E-state index is 12.7. The monoisotopic (exact) mass is 289 g/mol. The zero-order chi connectivity index (χ0) is 15.4. The average molecular weight is 289 g/mol. The molecule has 0 heterocycles. The maximum Gasteiger partial charge on any atom is 0.256 e. The first-order valence-corrected chi connectivity index (χ1v) is 6.81. The molecule has 0 bridgehead atoms. The average Bonchev–Trinajstić information content (AvgIpc) is 3.31.